The van der Waals surface area contributed by atoms with E-state index in [2.05, 4.69) is 4.98 Å². The highest BCUT2D eigenvalue weighted by Gasteiger charge is 2.12. The number of aromatic nitrogens is 1. The van der Waals surface area contributed by atoms with Gasteiger partial charge in [-0.3, -0.25) is 4.98 Å². The molecule has 2 aromatic rings. The second-order valence-corrected chi connectivity index (χ2v) is 4.67. The molecule has 1 aromatic carbocycles. The van der Waals surface area contributed by atoms with Gasteiger partial charge in [0.2, 0.25) is 0 Å². The maximum Gasteiger partial charge on any atom is 0.123 e. The van der Waals surface area contributed by atoms with Gasteiger partial charge < -0.3 is 10.6 Å². The first-order chi connectivity index (χ1) is 9.08. The predicted molar refractivity (Wildman–Crippen MR) is 75.3 cm³/mol. The predicted octanol–water partition coefficient (Wildman–Crippen LogP) is 2.88. The molecular formula is C15H18FN3. The van der Waals surface area contributed by atoms with Gasteiger partial charge in [0.25, 0.3) is 0 Å². The van der Waals surface area contributed by atoms with E-state index in [-0.39, 0.29) is 11.9 Å². The Kier molecular flexibility index (Phi) is 4.12. The molecular weight excluding hydrogens is 241 g/mol. The van der Waals surface area contributed by atoms with E-state index >= 15 is 0 Å². The van der Waals surface area contributed by atoms with Crippen molar-refractivity contribution in [1.29, 1.82) is 0 Å². The van der Waals surface area contributed by atoms with Gasteiger partial charge in [-0.2, -0.15) is 0 Å². The molecule has 2 rings (SSSR count). The molecule has 1 aromatic heterocycles. The summed E-state index contributed by atoms with van der Waals surface area (Å²) in [6.45, 7) is 2.51. The van der Waals surface area contributed by atoms with E-state index in [0.29, 0.717) is 6.54 Å². The van der Waals surface area contributed by atoms with Crippen LogP contribution in [0.1, 0.15) is 24.2 Å². The quantitative estimate of drug-likeness (QED) is 0.918. The monoisotopic (exact) mass is 259 g/mol. The normalized spacial score (nSPS) is 12.2. The molecule has 2 N–H and O–H groups in total. The number of rotatable bonds is 4. The second-order valence-electron chi connectivity index (χ2n) is 4.67. The van der Waals surface area contributed by atoms with Gasteiger partial charge in [0.05, 0.1) is 12.2 Å². The van der Waals surface area contributed by atoms with Crippen molar-refractivity contribution in [2.75, 3.05) is 11.9 Å². The molecule has 0 aliphatic carbocycles. The lowest BCUT2D eigenvalue weighted by atomic mass is 10.1. The van der Waals surface area contributed by atoms with Crippen LogP contribution >= 0.6 is 0 Å². The first kappa shape index (κ1) is 13.5. The Morgan fingerprint density at radius 1 is 1.32 bits per heavy atom. The van der Waals surface area contributed by atoms with Crippen LogP contribution in [-0.4, -0.2) is 12.0 Å². The van der Waals surface area contributed by atoms with Gasteiger partial charge in [-0.05, 0) is 42.8 Å². The lowest BCUT2D eigenvalue weighted by Gasteiger charge is -2.23. The lowest BCUT2D eigenvalue weighted by Crippen LogP contribution is -2.20. The van der Waals surface area contributed by atoms with Gasteiger partial charge in [-0.25, -0.2) is 4.39 Å². The fraction of sp³-hybridized carbons (Fsp3) is 0.267. The molecule has 1 unspecified atom stereocenters. The molecule has 0 aliphatic heterocycles. The molecule has 4 heteroatoms. The van der Waals surface area contributed by atoms with E-state index in [9.17, 15) is 4.39 Å². The van der Waals surface area contributed by atoms with Crippen LogP contribution in [-0.2, 0) is 6.54 Å². The molecule has 3 nitrogen and oxygen atoms in total. The molecule has 1 heterocycles. The van der Waals surface area contributed by atoms with Crippen molar-refractivity contribution >= 4 is 5.69 Å². The summed E-state index contributed by atoms with van der Waals surface area (Å²) in [5.74, 6) is -0.262. The van der Waals surface area contributed by atoms with Crippen molar-refractivity contribution in [2.24, 2.45) is 5.73 Å². The summed E-state index contributed by atoms with van der Waals surface area (Å²) in [5.41, 5.74) is 8.61. The third kappa shape index (κ3) is 3.29. The molecule has 1 atom stereocenters. The zero-order chi connectivity index (χ0) is 13.8. The molecule has 0 amide bonds. The SMILES string of the molecule is CC(N)c1cc(F)ccc1N(C)Cc1ccccn1. The zero-order valence-electron chi connectivity index (χ0n) is 11.2. The van der Waals surface area contributed by atoms with Crippen LogP contribution < -0.4 is 10.6 Å². The minimum absolute atomic E-state index is 0.211. The van der Waals surface area contributed by atoms with Crippen LogP contribution in [0.15, 0.2) is 42.6 Å². The molecule has 0 aliphatic rings. The number of hydrogen-bond donors (Lipinski definition) is 1. The summed E-state index contributed by atoms with van der Waals surface area (Å²) in [6.07, 6.45) is 1.76. The Morgan fingerprint density at radius 3 is 2.74 bits per heavy atom. The Bertz CT molecular complexity index is 540. The van der Waals surface area contributed by atoms with E-state index in [1.165, 1.54) is 12.1 Å². The number of pyridine rings is 1. The standard InChI is InChI=1S/C15H18FN3/c1-11(17)14-9-12(16)6-7-15(14)19(2)10-13-5-3-4-8-18-13/h3-9,11H,10,17H2,1-2H3. The topological polar surface area (TPSA) is 42.1 Å². The fourth-order valence-electron chi connectivity index (χ4n) is 2.06. The minimum atomic E-state index is -0.262. The molecule has 0 saturated heterocycles. The van der Waals surface area contributed by atoms with Crippen molar-refractivity contribution in [2.45, 2.75) is 19.5 Å². The van der Waals surface area contributed by atoms with Crippen LogP contribution in [0.5, 0.6) is 0 Å². The average molecular weight is 259 g/mol. The van der Waals surface area contributed by atoms with Crippen molar-refractivity contribution in [1.82, 2.24) is 4.98 Å². The smallest absolute Gasteiger partial charge is 0.123 e. The van der Waals surface area contributed by atoms with Crippen molar-refractivity contribution in [3.8, 4) is 0 Å². The number of halogens is 1. The molecule has 0 spiro atoms. The van der Waals surface area contributed by atoms with Gasteiger partial charge in [-0.1, -0.05) is 6.07 Å². The largest absolute Gasteiger partial charge is 0.368 e. The number of nitrogens with zero attached hydrogens (tertiary/aromatic N) is 2. The van der Waals surface area contributed by atoms with E-state index in [1.54, 1.807) is 12.3 Å². The molecule has 19 heavy (non-hydrogen) atoms. The van der Waals surface area contributed by atoms with Crippen molar-refractivity contribution in [3.63, 3.8) is 0 Å². The molecule has 0 radical (unpaired) electrons. The summed E-state index contributed by atoms with van der Waals surface area (Å²) in [5, 5.41) is 0. The number of anilines is 1. The maximum atomic E-state index is 13.3. The van der Waals surface area contributed by atoms with Gasteiger partial charge >= 0.3 is 0 Å². The van der Waals surface area contributed by atoms with Gasteiger partial charge in [0, 0.05) is 25.0 Å². The summed E-state index contributed by atoms with van der Waals surface area (Å²) < 4.78 is 13.3. The number of hydrogen-bond acceptors (Lipinski definition) is 3. The first-order valence-electron chi connectivity index (χ1n) is 6.24. The fourth-order valence-corrected chi connectivity index (χ4v) is 2.06. The van der Waals surface area contributed by atoms with E-state index in [4.69, 9.17) is 5.73 Å². The highest BCUT2D eigenvalue weighted by atomic mass is 19.1. The van der Waals surface area contributed by atoms with Crippen LogP contribution in [0, 0.1) is 5.82 Å². The van der Waals surface area contributed by atoms with Gasteiger partial charge in [0.1, 0.15) is 5.82 Å². The summed E-state index contributed by atoms with van der Waals surface area (Å²) in [7, 11) is 1.95. The highest BCUT2D eigenvalue weighted by Crippen LogP contribution is 2.26. The third-order valence-electron chi connectivity index (χ3n) is 3.02. The minimum Gasteiger partial charge on any atom is -0.368 e. The van der Waals surface area contributed by atoms with Crippen LogP contribution in [0.2, 0.25) is 0 Å². The van der Waals surface area contributed by atoms with Crippen LogP contribution in [0.25, 0.3) is 0 Å². The highest BCUT2D eigenvalue weighted by molar-refractivity contribution is 5.54. The number of nitrogens with two attached hydrogens (primary N) is 1. The Hall–Kier alpha value is -1.94. The van der Waals surface area contributed by atoms with Gasteiger partial charge in [0.15, 0.2) is 0 Å². The van der Waals surface area contributed by atoms with Gasteiger partial charge in [-0.15, -0.1) is 0 Å². The lowest BCUT2D eigenvalue weighted by molar-refractivity contribution is 0.621. The molecule has 0 fully saturated rings. The van der Waals surface area contributed by atoms with E-state index < -0.39 is 0 Å². The Morgan fingerprint density at radius 2 is 2.11 bits per heavy atom. The van der Waals surface area contributed by atoms with Crippen molar-refractivity contribution in [3.05, 3.63) is 59.7 Å². The van der Waals surface area contributed by atoms with E-state index in [1.807, 2.05) is 37.1 Å². The summed E-state index contributed by atoms with van der Waals surface area (Å²) in [6, 6.07) is 10.3. The summed E-state index contributed by atoms with van der Waals surface area (Å²) in [4.78, 5) is 6.32. The van der Waals surface area contributed by atoms with Crippen LogP contribution in [0.3, 0.4) is 0 Å². The Balaban J connectivity index is 2.26. The van der Waals surface area contributed by atoms with Crippen molar-refractivity contribution < 1.29 is 4.39 Å². The molecule has 0 bridgehead atoms. The molecule has 100 valence electrons. The number of benzene rings is 1. The third-order valence-corrected chi connectivity index (χ3v) is 3.02. The van der Waals surface area contributed by atoms with Crippen LogP contribution in [0.4, 0.5) is 10.1 Å². The van der Waals surface area contributed by atoms with E-state index in [0.717, 1.165) is 16.9 Å². The maximum absolute atomic E-state index is 13.3. The molecule has 0 saturated carbocycles. The first-order valence-corrected chi connectivity index (χ1v) is 6.24. The summed E-state index contributed by atoms with van der Waals surface area (Å²) >= 11 is 0. The average Bonchev–Trinajstić information content (AvgIpc) is 2.39. The second kappa shape index (κ2) is 5.80. The Labute approximate surface area is 112 Å². The zero-order valence-corrected chi connectivity index (χ0v) is 11.2.